The molecule has 1 aliphatic rings. The van der Waals surface area contributed by atoms with Gasteiger partial charge in [-0.15, -0.1) is 11.3 Å². The average molecular weight is 357 g/mol. The van der Waals surface area contributed by atoms with Crippen LogP contribution in [0.5, 0.6) is 0 Å². The Morgan fingerprint density at radius 3 is 2.84 bits per heavy atom. The number of ether oxygens (including phenoxy) is 1. The third-order valence-electron chi connectivity index (χ3n) is 4.65. The first-order chi connectivity index (χ1) is 11.9. The maximum absolute atomic E-state index is 6.09. The van der Waals surface area contributed by atoms with Crippen molar-refractivity contribution in [2.75, 3.05) is 5.43 Å². The first-order valence-electron chi connectivity index (χ1n) is 8.58. The molecule has 0 fully saturated rings. The molecule has 0 saturated heterocycles. The van der Waals surface area contributed by atoms with Gasteiger partial charge in [-0.1, -0.05) is 13.8 Å². The van der Waals surface area contributed by atoms with E-state index in [9.17, 15) is 0 Å². The average Bonchev–Trinajstić information content (AvgIpc) is 2.91. The fourth-order valence-corrected chi connectivity index (χ4v) is 4.66. The van der Waals surface area contributed by atoms with E-state index < -0.39 is 0 Å². The Hall–Kier alpha value is -1.83. The van der Waals surface area contributed by atoms with Gasteiger partial charge in [-0.2, -0.15) is 0 Å². The molecule has 25 heavy (non-hydrogen) atoms. The van der Waals surface area contributed by atoms with Crippen molar-refractivity contribution in [1.29, 1.82) is 0 Å². The highest BCUT2D eigenvalue weighted by Gasteiger charge is 2.31. The van der Waals surface area contributed by atoms with Crippen LogP contribution in [0.1, 0.15) is 44.5 Å². The molecule has 0 aliphatic carbocycles. The maximum atomic E-state index is 6.09. The van der Waals surface area contributed by atoms with Crippen LogP contribution in [-0.4, -0.2) is 20.6 Å². The van der Waals surface area contributed by atoms with Crippen molar-refractivity contribution in [1.82, 2.24) is 15.0 Å². The first-order valence-corrected chi connectivity index (χ1v) is 9.39. The Kier molecular flexibility index (Phi) is 3.90. The number of nitrogens with two attached hydrogens (primary N) is 1. The van der Waals surface area contributed by atoms with Crippen LogP contribution in [0.4, 0.5) is 5.82 Å². The molecule has 4 heterocycles. The van der Waals surface area contributed by atoms with E-state index in [-0.39, 0.29) is 5.60 Å². The van der Waals surface area contributed by atoms with Crippen LogP contribution in [0.25, 0.3) is 20.4 Å². The molecule has 1 aliphatic heterocycles. The number of nitrogens with one attached hydrogen (secondary N) is 1. The second kappa shape index (κ2) is 5.86. The van der Waals surface area contributed by atoms with E-state index in [2.05, 4.69) is 43.1 Å². The Morgan fingerprint density at radius 1 is 1.32 bits per heavy atom. The topological polar surface area (TPSA) is 86.0 Å². The lowest BCUT2D eigenvalue weighted by Gasteiger charge is -2.33. The van der Waals surface area contributed by atoms with Gasteiger partial charge in [0.15, 0.2) is 5.82 Å². The van der Waals surface area contributed by atoms with E-state index in [1.54, 1.807) is 17.7 Å². The van der Waals surface area contributed by atoms with Crippen LogP contribution in [0.3, 0.4) is 0 Å². The molecule has 0 atom stereocenters. The van der Waals surface area contributed by atoms with E-state index >= 15 is 0 Å². The molecule has 132 valence electrons. The third kappa shape index (κ3) is 2.76. The minimum absolute atomic E-state index is 0.188. The molecule has 6 nitrogen and oxygen atoms in total. The molecule has 3 N–H and O–H groups in total. The van der Waals surface area contributed by atoms with Gasteiger partial charge in [0.05, 0.1) is 22.4 Å². The quantitative estimate of drug-likeness (QED) is 0.550. The molecule has 0 saturated carbocycles. The molecule has 0 unspecified atom stereocenters. The Morgan fingerprint density at radius 2 is 2.12 bits per heavy atom. The van der Waals surface area contributed by atoms with Gasteiger partial charge in [0.1, 0.15) is 11.2 Å². The normalized spacial score (nSPS) is 16.6. The van der Waals surface area contributed by atoms with E-state index in [0.717, 1.165) is 39.0 Å². The second-order valence-electron chi connectivity index (χ2n) is 7.67. The summed E-state index contributed by atoms with van der Waals surface area (Å²) < 4.78 is 7.05. The van der Waals surface area contributed by atoms with Crippen LogP contribution in [0.2, 0.25) is 0 Å². The Labute approximate surface area is 150 Å². The van der Waals surface area contributed by atoms with E-state index in [4.69, 9.17) is 15.6 Å². The number of nitrogen functional groups attached to an aromatic ring is 1. The third-order valence-corrected chi connectivity index (χ3v) is 5.73. The SMILES string of the molecule is CC(C)Cc1nc2sc3c(NN)ncnc3c2c2c1COC(C)(C)C2. The number of pyridine rings is 1. The van der Waals surface area contributed by atoms with Crippen molar-refractivity contribution in [3.8, 4) is 0 Å². The predicted molar refractivity (Wildman–Crippen MR) is 102 cm³/mol. The zero-order valence-corrected chi connectivity index (χ0v) is 15.8. The van der Waals surface area contributed by atoms with Crippen LogP contribution in [-0.2, 0) is 24.2 Å². The number of hydrazine groups is 1. The summed E-state index contributed by atoms with van der Waals surface area (Å²) >= 11 is 1.61. The summed E-state index contributed by atoms with van der Waals surface area (Å²) in [5, 5.41) is 1.14. The van der Waals surface area contributed by atoms with Crippen LogP contribution < -0.4 is 11.3 Å². The molecule has 0 amide bonds. The number of hydrogen-bond donors (Lipinski definition) is 2. The van der Waals surface area contributed by atoms with Crippen molar-refractivity contribution >= 4 is 37.6 Å². The summed E-state index contributed by atoms with van der Waals surface area (Å²) in [4.78, 5) is 14.8. The van der Waals surface area contributed by atoms with Gasteiger partial charge in [0.25, 0.3) is 0 Å². The predicted octanol–water partition coefficient (Wildman–Crippen LogP) is 3.57. The molecule has 3 aromatic heterocycles. The largest absolute Gasteiger partial charge is 0.370 e. The molecule has 7 heteroatoms. The second-order valence-corrected chi connectivity index (χ2v) is 8.66. The van der Waals surface area contributed by atoms with Crippen molar-refractivity contribution in [3.05, 3.63) is 23.1 Å². The monoisotopic (exact) mass is 357 g/mol. The van der Waals surface area contributed by atoms with Crippen molar-refractivity contribution in [2.24, 2.45) is 11.8 Å². The van der Waals surface area contributed by atoms with Gasteiger partial charge in [-0.05, 0) is 31.7 Å². The number of rotatable bonds is 3. The highest BCUT2D eigenvalue weighted by Crippen LogP contribution is 2.42. The summed E-state index contributed by atoms with van der Waals surface area (Å²) in [5.74, 6) is 6.83. The number of fused-ring (bicyclic) bond motifs is 5. The van der Waals surface area contributed by atoms with Gasteiger partial charge >= 0.3 is 0 Å². The Balaban J connectivity index is 2.07. The minimum Gasteiger partial charge on any atom is -0.370 e. The molecule has 0 spiro atoms. The van der Waals surface area contributed by atoms with Crippen molar-refractivity contribution < 1.29 is 4.74 Å². The summed E-state index contributed by atoms with van der Waals surface area (Å²) in [7, 11) is 0. The standard InChI is InChI=1S/C18H23N5OS/c1-9(2)5-12-11-7-24-18(3,4)6-10(11)13-14-15(25-17(13)22-12)16(23-19)21-8-20-14/h8-9H,5-7,19H2,1-4H3,(H,20,21,23). The van der Waals surface area contributed by atoms with Gasteiger partial charge in [0.2, 0.25) is 0 Å². The van der Waals surface area contributed by atoms with E-state index in [1.165, 1.54) is 11.1 Å². The molecule has 0 bridgehead atoms. The summed E-state index contributed by atoms with van der Waals surface area (Å²) in [6.45, 7) is 9.33. The summed E-state index contributed by atoms with van der Waals surface area (Å²) in [6, 6.07) is 0. The van der Waals surface area contributed by atoms with Crippen LogP contribution >= 0.6 is 11.3 Å². The highest BCUT2D eigenvalue weighted by atomic mass is 32.1. The lowest BCUT2D eigenvalue weighted by Crippen LogP contribution is -2.33. The van der Waals surface area contributed by atoms with Gasteiger partial charge in [-0.3, -0.25) is 0 Å². The molecule has 4 rings (SSSR count). The van der Waals surface area contributed by atoms with Crippen molar-refractivity contribution in [2.45, 2.75) is 52.7 Å². The lowest BCUT2D eigenvalue weighted by molar-refractivity contribution is -0.0402. The molecular weight excluding hydrogens is 334 g/mol. The number of nitrogens with zero attached hydrogens (tertiary/aromatic N) is 3. The number of anilines is 1. The van der Waals surface area contributed by atoms with Gasteiger partial charge in [0, 0.05) is 23.1 Å². The van der Waals surface area contributed by atoms with Gasteiger partial charge in [-0.25, -0.2) is 20.8 Å². The van der Waals surface area contributed by atoms with E-state index in [1.807, 2.05) is 0 Å². The fourth-order valence-electron chi connectivity index (χ4n) is 3.53. The van der Waals surface area contributed by atoms with E-state index in [0.29, 0.717) is 18.3 Å². The molecule has 0 radical (unpaired) electrons. The van der Waals surface area contributed by atoms with Crippen LogP contribution in [0.15, 0.2) is 6.33 Å². The first kappa shape index (κ1) is 16.6. The van der Waals surface area contributed by atoms with Gasteiger partial charge < -0.3 is 10.2 Å². The molecule has 0 aromatic carbocycles. The van der Waals surface area contributed by atoms with Crippen molar-refractivity contribution in [3.63, 3.8) is 0 Å². The zero-order chi connectivity index (χ0) is 17.8. The fraction of sp³-hybridized carbons (Fsp3) is 0.500. The zero-order valence-electron chi connectivity index (χ0n) is 15.0. The minimum atomic E-state index is -0.188. The summed E-state index contributed by atoms with van der Waals surface area (Å²) in [6.07, 6.45) is 3.36. The molecule has 3 aromatic rings. The number of thiophene rings is 1. The number of hydrogen-bond acceptors (Lipinski definition) is 7. The Bertz CT molecular complexity index is 963. The maximum Gasteiger partial charge on any atom is 0.161 e. The lowest BCUT2D eigenvalue weighted by atomic mass is 9.88. The summed E-state index contributed by atoms with van der Waals surface area (Å²) in [5.41, 5.74) is 7.13. The highest BCUT2D eigenvalue weighted by molar-refractivity contribution is 7.26. The smallest absolute Gasteiger partial charge is 0.161 e. The van der Waals surface area contributed by atoms with Crippen LogP contribution in [0, 0.1) is 5.92 Å². The molecular formula is C18H23N5OS. The number of aromatic nitrogens is 3.